The van der Waals surface area contributed by atoms with E-state index in [4.69, 9.17) is 4.74 Å². The minimum atomic E-state index is 0.00447. The monoisotopic (exact) mass is 240 g/mol. The molecule has 0 spiro atoms. The first-order chi connectivity index (χ1) is 8.09. The van der Waals surface area contributed by atoms with Crippen molar-refractivity contribution >= 4 is 5.91 Å². The number of rotatable bonds is 4. The molecule has 17 heavy (non-hydrogen) atoms. The van der Waals surface area contributed by atoms with E-state index in [1.807, 2.05) is 4.90 Å². The summed E-state index contributed by atoms with van der Waals surface area (Å²) in [6, 6.07) is 0.00447. The van der Waals surface area contributed by atoms with Crippen LogP contribution in [0.2, 0.25) is 0 Å². The minimum Gasteiger partial charge on any atom is -0.381 e. The maximum Gasteiger partial charge on any atom is 0.241 e. The highest BCUT2D eigenvalue weighted by molar-refractivity contribution is 5.84. The summed E-state index contributed by atoms with van der Waals surface area (Å²) in [6.07, 6.45) is 2.40. The Balaban J connectivity index is 1.85. The lowest BCUT2D eigenvalue weighted by Crippen LogP contribution is -2.36. The SMILES string of the molecule is CC(C)C1NC(C)N(CCC2CCOC2)C1=O. The lowest BCUT2D eigenvalue weighted by atomic mass is 10.0. The second-order valence-electron chi connectivity index (χ2n) is 5.61. The quantitative estimate of drug-likeness (QED) is 0.803. The van der Waals surface area contributed by atoms with E-state index in [0.29, 0.717) is 11.8 Å². The van der Waals surface area contributed by atoms with Crippen molar-refractivity contribution in [1.29, 1.82) is 0 Å². The van der Waals surface area contributed by atoms with E-state index in [9.17, 15) is 4.79 Å². The fourth-order valence-electron chi connectivity index (χ4n) is 2.70. The molecule has 1 amide bonds. The highest BCUT2D eigenvalue weighted by Gasteiger charge is 2.37. The summed E-state index contributed by atoms with van der Waals surface area (Å²) >= 11 is 0. The van der Waals surface area contributed by atoms with E-state index < -0.39 is 0 Å². The third kappa shape index (κ3) is 2.80. The zero-order valence-corrected chi connectivity index (χ0v) is 11.1. The van der Waals surface area contributed by atoms with E-state index >= 15 is 0 Å². The molecule has 4 nitrogen and oxygen atoms in total. The van der Waals surface area contributed by atoms with Gasteiger partial charge in [0.2, 0.25) is 5.91 Å². The van der Waals surface area contributed by atoms with Gasteiger partial charge in [0.25, 0.3) is 0 Å². The molecule has 0 saturated carbocycles. The molecule has 0 radical (unpaired) electrons. The average Bonchev–Trinajstić information content (AvgIpc) is 2.86. The van der Waals surface area contributed by atoms with Crippen molar-refractivity contribution < 1.29 is 9.53 Å². The smallest absolute Gasteiger partial charge is 0.241 e. The van der Waals surface area contributed by atoms with Crippen LogP contribution in [0.1, 0.15) is 33.6 Å². The molecule has 2 aliphatic heterocycles. The standard InChI is InChI=1S/C13H24N2O2/c1-9(2)12-13(16)15(10(3)14-12)6-4-11-5-7-17-8-11/h9-12,14H,4-8H2,1-3H3. The average molecular weight is 240 g/mol. The highest BCUT2D eigenvalue weighted by atomic mass is 16.5. The van der Waals surface area contributed by atoms with Gasteiger partial charge >= 0.3 is 0 Å². The normalized spacial score (nSPS) is 34.0. The van der Waals surface area contributed by atoms with Gasteiger partial charge in [-0.25, -0.2) is 0 Å². The molecule has 2 rings (SSSR count). The molecular formula is C13H24N2O2. The van der Waals surface area contributed by atoms with Crippen molar-refractivity contribution in [3.63, 3.8) is 0 Å². The number of hydrogen-bond acceptors (Lipinski definition) is 3. The lowest BCUT2D eigenvalue weighted by molar-refractivity contribution is -0.130. The minimum absolute atomic E-state index is 0.00447. The molecule has 3 atom stereocenters. The molecule has 0 aromatic heterocycles. The predicted octanol–water partition coefficient (Wildman–Crippen LogP) is 1.22. The van der Waals surface area contributed by atoms with Crippen LogP contribution in [0.15, 0.2) is 0 Å². The molecule has 2 saturated heterocycles. The van der Waals surface area contributed by atoms with Gasteiger partial charge in [-0.05, 0) is 31.6 Å². The fourth-order valence-corrected chi connectivity index (χ4v) is 2.70. The summed E-state index contributed by atoms with van der Waals surface area (Å²) in [5, 5.41) is 3.37. The zero-order valence-electron chi connectivity index (χ0n) is 11.1. The van der Waals surface area contributed by atoms with Crippen LogP contribution >= 0.6 is 0 Å². The third-order valence-electron chi connectivity index (χ3n) is 3.91. The van der Waals surface area contributed by atoms with Crippen molar-refractivity contribution in [2.24, 2.45) is 11.8 Å². The summed E-state index contributed by atoms with van der Waals surface area (Å²) in [4.78, 5) is 14.2. The topological polar surface area (TPSA) is 41.6 Å². The van der Waals surface area contributed by atoms with Crippen molar-refractivity contribution in [3.05, 3.63) is 0 Å². The van der Waals surface area contributed by atoms with Crippen LogP contribution < -0.4 is 5.32 Å². The van der Waals surface area contributed by atoms with Gasteiger partial charge < -0.3 is 9.64 Å². The predicted molar refractivity (Wildman–Crippen MR) is 66.5 cm³/mol. The van der Waals surface area contributed by atoms with Gasteiger partial charge in [-0.3, -0.25) is 10.1 Å². The van der Waals surface area contributed by atoms with E-state index in [1.54, 1.807) is 0 Å². The first-order valence-electron chi connectivity index (χ1n) is 6.74. The molecule has 2 heterocycles. The number of amides is 1. The zero-order chi connectivity index (χ0) is 12.4. The van der Waals surface area contributed by atoms with Crippen molar-refractivity contribution in [3.8, 4) is 0 Å². The maximum atomic E-state index is 12.2. The molecule has 2 aliphatic rings. The molecular weight excluding hydrogens is 216 g/mol. The Morgan fingerprint density at radius 1 is 1.53 bits per heavy atom. The van der Waals surface area contributed by atoms with Gasteiger partial charge in [0.05, 0.1) is 12.2 Å². The van der Waals surface area contributed by atoms with Gasteiger partial charge in [0.1, 0.15) is 0 Å². The van der Waals surface area contributed by atoms with Crippen molar-refractivity contribution in [1.82, 2.24) is 10.2 Å². The molecule has 3 unspecified atom stereocenters. The van der Waals surface area contributed by atoms with Gasteiger partial charge in [0.15, 0.2) is 0 Å². The number of nitrogens with zero attached hydrogens (tertiary/aromatic N) is 1. The van der Waals surface area contributed by atoms with Crippen molar-refractivity contribution in [2.45, 2.75) is 45.8 Å². The molecule has 2 fully saturated rings. The molecule has 4 heteroatoms. The van der Waals surface area contributed by atoms with Crippen LogP contribution in [0.25, 0.3) is 0 Å². The Hall–Kier alpha value is -0.610. The highest BCUT2D eigenvalue weighted by Crippen LogP contribution is 2.21. The van der Waals surface area contributed by atoms with Gasteiger partial charge in [-0.15, -0.1) is 0 Å². The van der Waals surface area contributed by atoms with Crippen LogP contribution in [0.3, 0.4) is 0 Å². The van der Waals surface area contributed by atoms with Gasteiger partial charge in [-0.1, -0.05) is 13.8 Å². The third-order valence-corrected chi connectivity index (χ3v) is 3.91. The summed E-state index contributed by atoms with van der Waals surface area (Å²) in [6.45, 7) is 8.89. The van der Waals surface area contributed by atoms with E-state index in [0.717, 1.165) is 32.6 Å². The summed E-state index contributed by atoms with van der Waals surface area (Å²) in [7, 11) is 0. The van der Waals surface area contributed by atoms with Gasteiger partial charge in [0, 0.05) is 19.8 Å². The number of nitrogens with one attached hydrogen (secondary N) is 1. The summed E-state index contributed by atoms with van der Waals surface area (Å²) < 4.78 is 5.37. The number of carbonyl (C=O) groups excluding carboxylic acids is 1. The Labute approximate surface area is 104 Å². The van der Waals surface area contributed by atoms with Crippen LogP contribution in [0.5, 0.6) is 0 Å². The molecule has 0 aliphatic carbocycles. The first-order valence-corrected chi connectivity index (χ1v) is 6.74. The largest absolute Gasteiger partial charge is 0.381 e. The second-order valence-corrected chi connectivity index (χ2v) is 5.61. The Morgan fingerprint density at radius 3 is 2.82 bits per heavy atom. The molecule has 0 aromatic carbocycles. The molecule has 0 bridgehead atoms. The van der Waals surface area contributed by atoms with Crippen LogP contribution in [0, 0.1) is 11.8 Å². The Morgan fingerprint density at radius 2 is 2.29 bits per heavy atom. The van der Waals surface area contributed by atoms with E-state index in [-0.39, 0.29) is 18.1 Å². The molecule has 98 valence electrons. The second kappa shape index (κ2) is 5.36. The molecule has 0 aromatic rings. The van der Waals surface area contributed by atoms with E-state index in [1.165, 1.54) is 0 Å². The molecule has 1 N–H and O–H groups in total. The Bertz CT molecular complexity index is 275. The van der Waals surface area contributed by atoms with E-state index in [2.05, 4.69) is 26.1 Å². The number of hydrogen-bond donors (Lipinski definition) is 1. The van der Waals surface area contributed by atoms with Gasteiger partial charge in [-0.2, -0.15) is 0 Å². The lowest BCUT2D eigenvalue weighted by Gasteiger charge is -2.22. The van der Waals surface area contributed by atoms with Crippen LogP contribution in [0.4, 0.5) is 0 Å². The first kappa shape index (κ1) is 12.8. The van der Waals surface area contributed by atoms with Crippen molar-refractivity contribution in [2.75, 3.05) is 19.8 Å². The maximum absolute atomic E-state index is 12.2. The Kier molecular flexibility index (Phi) is 4.05. The summed E-state index contributed by atoms with van der Waals surface area (Å²) in [5.74, 6) is 1.28. The van der Waals surface area contributed by atoms with Crippen LogP contribution in [-0.4, -0.2) is 42.8 Å². The number of carbonyl (C=O) groups is 1. The van der Waals surface area contributed by atoms with Crippen LogP contribution in [-0.2, 0) is 9.53 Å². The fraction of sp³-hybridized carbons (Fsp3) is 0.923. The number of ether oxygens (including phenoxy) is 1. The summed E-state index contributed by atoms with van der Waals surface area (Å²) in [5.41, 5.74) is 0.